The molecule has 29 heavy (non-hydrogen) atoms. The number of methoxy groups -OCH3 is 1. The van der Waals surface area contributed by atoms with Crippen molar-refractivity contribution < 1.29 is 19.1 Å². The molecule has 0 spiro atoms. The van der Waals surface area contributed by atoms with E-state index in [1.54, 1.807) is 36.3 Å². The molecule has 0 bridgehead atoms. The molecule has 1 aliphatic rings. The highest BCUT2D eigenvalue weighted by molar-refractivity contribution is 7.12. The van der Waals surface area contributed by atoms with E-state index >= 15 is 0 Å². The number of rotatable bonds is 6. The van der Waals surface area contributed by atoms with Crippen LogP contribution in [0.4, 0.5) is 11.4 Å². The zero-order chi connectivity index (χ0) is 20.2. The van der Waals surface area contributed by atoms with Crippen LogP contribution in [0.15, 0.2) is 60.0 Å². The standard InChI is InChI=1S/C22H20N2O4S/c1-27-17-5-7-18(8-6-17)28-14-21(25)23-16-4-9-19-15(13-16)10-11-24(19)22(26)20-3-2-12-29-20/h2-9,12-13H,10-11,14H2,1H3,(H,23,25). The first-order chi connectivity index (χ1) is 14.1. The number of thiophene rings is 1. The van der Waals surface area contributed by atoms with E-state index < -0.39 is 0 Å². The van der Waals surface area contributed by atoms with E-state index in [0.717, 1.165) is 28.3 Å². The molecule has 1 aliphatic heterocycles. The number of carbonyl (C=O) groups is 2. The molecular formula is C22H20N2O4S. The second-order valence-electron chi connectivity index (χ2n) is 6.54. The van der Waals surface area contributed by atoms with Gasteiger partial charge in [-0.3, -0.25) is 9.59 Å². The largest absolute Gasteiger partial charge is 0.497 e. The van der Waals surface area contributed by atoms with Crippen molar-refractivity contribution in [2.75, 3.05) is 30.5 Å². The second-order valence-corrected chi connectivity index (χ2v) is 7.49. The summed E-state index contributed by atoms with van der Waals surface area (Å²) in [6, 6.07) is 16.4. The summed E-state index contributed by atoms with van der Waals surface area (Å²) in [6.45, 7) is 0.552. The fourth-order valence-corrected chi connectivity index (χ4v) is 3.91. The van der Waals surface area contributed by atoms with Crippen LogP contribution in [0.25, 0.3) is 0 Å². The molecule has 1 aromatic heterocycles. The lowest BCUT2D eigenvalue weighted by Gasteiger charge is -2.16. The summed E-state index contributed by atoms with van der Waals surface area (Å²) in [5.41, 5.74) is 2.64. The number of fused-ring (bicyclic) bond motifs is 1. The number of amides is 2. The lowest BCUT2D eigenvalue weighted by molar-refractivity contribution is -0.118. The van der Waals surface area contributed by atoms with Gasteiger partial charge >= 0.3 is 0 Å². The van der Waals surface area contributed by atoms with Crippen LogP contribution in [0.3, 0.4) is 0 Å². The van der Waals surface area contributed by atoms with Crippen LogP contribution in [0.1, 0.15) is 15.2 Å². The molecule has 0 aliphatic carbocycles. The van der Waals surface area contributed by atoms with Crippen molar-refractivity contribution in [2.24, 2.45) is 0 Å². The molecule has 0 atom stereocenters. The molecule has 2 aromatic carbocycles. The summed E-state index contributed by atoms with van der Waals surface area (Å²) in [4.78, 5) is 27.4. The minimum absolute atomic E-state index is 0.0171. The molecule has 148 valence electrons. The van der Waals surface area contributed by atoms with E-state index in [9.17, 15) is 9.59 Å². The zero-order valence-electron chi connectivity index (χ0n) is 15.9. The van der Waals surface area contributed by atoms with E-state index in [0.29, 0.717) is 18.0 Å². The van der Waals surface area contributed by atoms with Crippen molar-refractivity contribution in [2.45, 2.75) is 6.42 Å². The Morgan fingerprint density at radius 3 is 2.62 bits per heavy atom. The Bertz CT molecular complexity index is 1020. The molecule has 6 nitrogen and oxygen atoms in total. The zero-order valence-corrected chi connectivity index (χ0v) is 16.7. The predicted octanol–water partition coefficient (Wildman–Crippen LogP) is 3.98. The van der Waals surface area contributed by atoms with Gasteiger partial charge in [0.2, 0.25) is 0 Å². The van der Waals surface area contributed by atoms with Gasteiger partial charge in [0.25, 0.3) is 11.8 Å². The third-order valence-corrected chi connectivity index (χ3v) is 5.52. The van der Waals surface area contributed by atoms with Crippen molar-refractivity contribution in [3.8, 4) is 11.5 Å². The maximum absolute atomic E-state index is 12.6. The van der Waals surface area contributed by atoms with Crippen LogP contribution >= 0.6 is 11.3 Å². The lowest BCUT2D eigenvalue weighted by Crippen LogP contribution is -2.28. The van der Waals surface area contributed by atoms with Gasteiger partial charge in [-0.15, -0.1) is 11.3 Å². The van der Waals surface area contributed by atoms with Crippen molar-refractivity contribution in [3.63, 3.8) is 0 Å². The highest BCUT2D eigenvalue weighted by Gasteiger charge is 2.26. The van der Waals surface area contributed by atoms with Crippen LogP contribution in [-0.2, 0) is 11.2 Å². The summed E-state index contributed by atoms with van der Waals surface area (Å²) < 4.78 is 10.6. The van der Waals surface area contributed by atoms with E-state index in [-0.39, 0.29) is 18.4 Å². The monoisotopic (exact) mass is 408 g/mol. The van der Waals surface area contributed by atoms with E-state index in [4.69, 9.17) is 9.47 Å². The molecule has 0 fully saturated rings. The van der Waals surface area contributed by atoms with Gasteiger partial charge in [-0.1, -0.05) is 6.07 Å². The fourth-order valence-electron chi connectivity index (χ4n) is 3.24. The molecule has 7 heteroatoms. The average Bonchev–Trinajstić information content (AvgIpc) is 3.42. The second kappa shape index (κ2) is 8.36. The number of hydrogen-bond donors (Lipinski definition) is 1. The molecule has 1 N–H and O–H groups in total. The van der Waals surface area contributed by atoms with E-state index in [1.165, 1.54) is 11.3 Å². The van der Waals surface area contributed by atoms with Gasteiger partial charge in [0, 0.05) is 17.9 Å². The molecule has 0 radical (unpaired) electrons. The van der Waals surface area contributed by atoms with Gasteiger partial charge in [0.15, 0.2) is 6.61 Å². The van der Waals surface area contributed by atoms with E-state index in [1.807, 2.05) is 35.7 Å². The lowest BCUT2D eigenvalue weighted by atomic mass is 10.1. The Morgan fingerprint density at radius 1 is 1.10 bits per heavy atom. The maximum Gasteiger partial charge on any atom is 0.268 e. The number of benzene rings is 2. The number of nitrogens with zero attached hydrogens (tertiary/aromatic N) is 1. The van der Waals surface area contributed by atoms with Crippen molar-refractivity contribution in [3.05, 3.63) is 70.4 Å². The first-order valence-corrected chi connectivity index (χ1v) is 10.1. The molecule has 0 unspecified atom stereocenters. The Kier molecular flexibility index (Phi) is 5.48. The van der Waals surface area contributed by atoms with Crippen LogP contribution in [0.2, 0.25) is 0 Å². The fraction of sp³-hybridized carbons (Fsp3) is 0.182. The third-order valence-electron chi connectivity index (χ3n) is 4.67. The highest BCUT2D eigenvalue weighted by atomic mass is 32.1. The van der Waals surface area contributed by atoms with Crippen LogP contribution in [0, 0.1) is 0 Å². The van der Waals surface area contributed by atoms with Crippen LogP contribution in [0.5, 0.6) is 11.5 Å². The molecule has 0 saturated carbocycles. The van der Waals surface area contributed by atoms with Gasteiger partial charge in [0.1, 0.15) is 11.5 Å². The number of ether oxygens (including phenoxy) is 2. The minimum atomic E-state index is -0.245. The average molecular weight is 408 g/mol. The third kappa shape index (κ3) is 4.25. The normalized spacial score (nSPS) is 12.4. The highest BCUT2D eigenvalue weighted by Crippen LogP contribution is 2.32. The molecular weight excluding hydrogens is 388 g/mol. The first kappa shape index (κ1) is 19.0. The SMILES string of the molecule is COc1ccc(OCC(=O)Nc2ccc3c(c2)CCN3C(=O)c2cccs2)cc1. The summed E-state index contributed by atoms with van der Waals surface area (Å²) in [7, 11) is 1.59. The van der Waals surface area contributed by atoms with Crippen molar-refractivity contribution in [1.29, 1.82) is 0 Å². The van der Waals surface area contributed by atoms with Gasteiger partial charge in [-0.25, -0.2) is 0 Å². The Morgan fingerprint density at radius 2 is 1.90 bits per heavy atom. The molecule has 0 saturated heterocycles. The predicted molar refractivity (Wildman–Crippen MR) is 113 cm³/mol. The smallest absolute Gasteiger partial charge is 0.268 e. The van der Waals surface area contributed by atoms with Gasteiger partial charge in [-0.2, -0.15) is 0 Å². The van der Waals surface area contributed by atoms with Crippen LogP contribution in [-0.4, -0.2) is 32.1 Å². The summed E-state index contributed by atoms with van der Waals surface area (Å²) in [5, 5.41) is 4.75. The van der Waals surface area contributed by atoms with E-state index in [2.05, 4.69) is 5.32 Å². The first-order valence-electron chi connectivity index (χ1n) is 9.19. The van der Waals surface area contributed by atoms with Crippen molar-refractivity contribution >= 4 is 34.5 Å². The van der Waals surface area contributed by atoms with Gasteiger partial charge in [-0.05, 0) is 65.9 Å². The maximum atomic E-state index is 12.6. The molecule has 4 rings (SSSR count). The number of nitrogens with one attached hydrogen (secondary N) is 1. The molecule has 3 aromatic rings. The van der Waals surface area contributed by atoms with Crippen LogP contribution < -0.4 is 19.7 Å². The Hall–Kier alpha value is -3.32. The summed E-state index contributed by atoms with van der Waals surface area (Å²) in [5.74, 6) is 1.10. The quantitative estimate of drug-likeness (QED) is 0.670. The van der Waals surface area contributed by atoms with Gasteiger partial charge < -0.3 is 19.7 Å². The van der Waals surface area contributed by atoms with Crippen molar-refractivity contribution in [1.82, 2.24) is 0 Å². The Balaban J connectivity index is 1.36. The molecule has 2 amide bonds. The number of hydrogen-bond acceptors (Lipinski definition) is 5. The number of carbonyl (C=O) groups excluding carboxylic acids is 2. The summed E-state index contributed by atoms with van der Waals surface area (Å²) in [6.07, 6.45) is 0.762. The summed E-state index contributed by atoms with van der Waals surface area (Å²) >= 11 is 1.44. The molecule has 2 heterocycles. The topological polar surface area (TPSA) is 67.9 Å². The Labute approximate surface area is 172 Å². The van der Waals surface area contributed by atoms with Gasteiger partial charge in [0.05, 0.1) is 12.0 Å². The number of anilines is 2. The minimum Gasteiger partial charge on any atom is -0.497 e.